The van der Waals surface area contributed by atoms with Gasteiger partial charge in [0.15, 0.2) is 5.11 Å². The predicted molar refractivity (Wildman–Crippen MR) is 90.1 cm³/mol. The highest BCUT2D eigenvalue weighted by atomic mass is 35.5. The Bertz CT molecular complexity index is 629. The molecule has 0 amide bonds. The van der Waals surface area contributed by atoms with Crippen LogP contribution in [0.4, 0.5) is 5.95 Å². The molecule has 1 aromatic heterocycles. The molecule has 2 aromatic rings. The minimum absolute atomic E-state index is 0.452. The summed E-state index contributed by atoms with van der Waals surface area (Å²) in [4.78, 5) is 4.15. The maximum Gasteiger partial charge on any atom is 0.248 e. The monoisotopic (exact) mass is 343 g/mol. The maximum atomic E-state index is 6.14. The van der Waals surface area contributed by atoms with E-state index in [9.17, 15) is 0 Å². The number of aromatic nitrogens is 3. The summed E-state index contributed by atoms with van der Waals surface area (Å²) >= 11 is 17.1. The number of nitrogens with zero attached hydrogens (tertiary/aromatic N) is 3. The van der Waals surface area contributed by atoms with Crippen LogP contribution in [0.1, 0.15) is 18.9 Å². The van der Waals surface area contributed by atoms with Crippen molar-refractivity contribution >= 4 is 46.5 Å². The van der Waals surface area contributed by atoms with Crippen LogP contribution in [0.2, 0.25) is 10.0 Å². The molecule has 0 fully saturated rings. The van der Waals surface area contributed by atoms with Gasteiger partial charge in [0.2, 0.25) is 5.95 Å². The van der Waals surface area contributed by atoms with Gasteiger partial charge < -0.3 is 5.32 Å². The van der Waals surface area contributed by atoms with Crippen LogP contribution in [0.3, 0.4) is 0 Å². The summed E-state index contributed by atoms with van der Waals surface area (Å²) in [7, 11) is 0. The molecule has 0 radical (unpaired) electrons. The van der Waals surface area contributed by atoms with Gasteiger partial charge >= 0.3 is 0 Å². The Morgan fingerprint density at radius 2 is 2.19 bits per heavy atom. The summed E-state index contributed by atoms with van der Waals surface area (Å²) in [5.41, 5.74) is 0.921. The summed E-state index contributed by atoms with van der Waals surface area (Å²) in [5, 5.41) is 12.0. The standard InChI is InChI=1S/C13H15Cl2N5S/c1-2-5-16-13(21)18-12-17-8-20(19-12)7-9-3-4-10(14)6-11(9)15/h3-4,6,8H,2,5,7H2,1H3,(H2,16,18,19,21). The molecule has 2 N–H and O–H groups in total. The molecule has 0 aliphatic heterocycles. The van der Waals surface area contributed by atoms with E-state index in [1.54, 1.807) is 23.1 Å². The Hall–Kier alpha value is -1.37. The molecule has 1 aromatic carbocycles. The Labute approximate surface area is 138 Å². The lowest BCUT2D eigenvalue weighted by Gasteiger charge is -2.06. The molecule has 21 heavy (non-hydrogen) atoms. The molecule has 0 atom stereocenters. The lowest BCUT2D eigenvalue weighted by atomic mass is 10.2. The molecule has 5 nitrogen and oxygen atoms in total. The van der Waals surface area contributed by atoms with E-state index in [0.29, 0.717) is 27.7 Å². The number of benzene rings is 1. The number of hydrogen-bond donors (Lipinski definition) is 2. The molecule has 0 spiro atoms. The first-order chi connectivity index (χ1) is 10.1. The van der Waals surface area contributed by atoms with Crippen LogP contribution < -0.4 is 10.6 Å². The van der Waals surface area contributed by atoms with Gasteiger partial charge in [-0.15, -0.1) is 5.10 Å². The van der Waals surface area contributed by atoms with Crippen molar-refractivity contribution in [3.05, 3.63) is 40.1 Å². The van der Waals surface area contributed by atoms with E-state index in [1.807, 2.05) is 6.07 Å². The number of nitrogens with one attached hydrogen (secondary N) is 2. The highest BCUT2D eigenvalue weighted by Gasteiger charge is 2.06. The highest BCUT2D eigenvalue weighted by Crippen LogP contribution is 2.21. The molecular weight excluding hydrogens is 329 g/mol. The quantitative estimate of drug-likeness (QED) is 0.815. The predicted octanol–water partition coefficient (Wildman–Crippen LogP) is 3.33. The molecule has 0 unspecified atom stereocenters. The van der Waals surface area contributed by atoms with Crippen LogP contribution in [-0.2, 0) is 6.54 Å². The first-order valence-electron chi connectivity index (χ1n) is 6.46. The van der Waals surface area contributed by atoms with Crippen LogP contribution >= 0.6 is 35.4 Å². The molecule has 0 saturated carbocycles. The van der Waals surface area contributed by atoms with Crippen molar-refractivity contribution in [2.24, 2.45) is 0 Å². The fourth-order valence-corrected chi connectivity index (χ4v) is 2.30. The van der Waals surface area contributed by atoms with Crippen LogP contribution in [0, 0.1) is 0 Å². The Morgan fingerprint density at radius 1 is 1.38 bits per heavy atom. The van der Waals surface area contributed by atoms with Crippen molar-refractivity contribution < 1.29 is 0 Å². The number of rotatable bonds is 5. The zero-order chi connectivity index (χ0) is 15.2. The fraction of sp³-hybridized carbons (Fsp3) is 0.308. The molecule has 2 rings (SSSR count). The topological polar surface area (TPSA) is 54.8 Å². The fourth-order valence-electron chi connectivity index (χ4n) is 1.64. The van der Waals surface area contributed by atoms with E-state index in [1.165, 1.54) is 0 Å². The van der Waals surface area contributed by atoms with Gasteiger partial charge in [-0.1, -0.05) is 36.2 Å². The first kappa shape index (κ1) is 16.0. The summed E-state index contributed by atoms with van der Waals surface area (Å²) < 4.78 is 1.68. The van der Waals surface area contributed by atoms with E-state index in [2.05, 4.69) is 27.6 Å². The van der Waals surface area contributed by atoms with Gasteiger partial charge in [-0.2, -0.15) is 0 Å². The second kappa shape index (κ2) is 7.59. The van der Waals surface area contributed by atoms with E-state index in [-0.39, 0.29) is 0 Å². The molecular formula is C13H15Cl2N5S. The van der Waals surface area contributed by atoms with Crippen molar-refractivity contribution in [2.45, 2.75) is 19.9 Å². The van der Waals surface area contributed by atoms with Gasteiger partial charge in [0, 0.05) is 16.6 Å². The van der Waals surface area contributed by atoms with E-state index in [4.69, 9.17) is 35.4 Å². The summed E-state index contributed by atoms with van der Waals surface area (Å²) in [6.07, 6.45) is 2.62. The zero-order valence-electron chi connectivity index (χ0n) is 11.4. The molecule has 0 aliphatic rings. The lowest BCUT2D eigenvalue weighted by Crippen LogP contribution is -2.29. The molecule has 112 valence electrons. The molecule has 1 heterocycles. The lowest BCUT2D eigenvalue weighted by molar-refractivity contribution is 0.687. The SMILES string of the molecule is CCCNC(=S)Nc1ncn(Cc2ccc(Cl)cc2Cl)n1. The van der Waals surface area contributed by atoms with Gasteiger partial charge in [-0.25, -0.2) is 9.67 Å². The Kier molecular flexibility index (Phi) is 5.78. The van der Waals surface area contributed by atoms with Crippen molar-refractivity contribution in [3.63, 3.8) is 0 Å². The van der Waals surface area contributed by atoms with Crippen molar-refractivity contribution in [1.29, 1.82) is 0 Å². The summed E-state index contributed by atoms with van der Waals surface area (Å²) in [6.45, 7) is 3.39. The maximum absolute atomic E-state index is 6.14. The average molecular weight is 344 g/mol. The summed E-state index contributed by atoms with van der Waals surface area (Å²) in [6, 6.07) is 5.37. The van der Waals surface area contributed by atoms with Crippen molar-refractivity contribution in [2.75, 3.05) is 11.9 Å². The zero-order valence-corrected chi connectivity index (χ0v) is 13.8. The highest BCUT2D eigenvalue weighted by molar-refractivity contribution is 7.80. The largest absolute Gasteiger partial charge is 0.362 e. The van der Waals surface area contributed by atoms with Gasteiger partial charge in [-0.3, -0.25) is 5.32 Å². The molecule has 0 aliphatic carbocycles. The molecule has 0 bridgehead atoms. The minimum atomic E-state index is 0.452. The normalized spacial score (nSPS) is 10.4. The molecule has 0 saturated heterocycles. The average Bonchev–Trinajstić information content (AvgIpc) is 2.87. The number of thiocarbonyl (C=S) groups is 1. The third-order valence-electron chi connectivity index (χ3n) is 2.64. The van der Waals surface area contributed by atoms with Crippen LogP contribution in [-0.4, -0.2) is 26.4 Å². The van der Waals surface area contributed by atoms with Crippen molar-refractivity contribution in [3.8, 4) is 0 Å². The summed E-state index contributed by atoms with van der Waals surface area (Å²) in [5.74, 6) is 0.452. The van der Waals surface area contributed by atoms with E-state index >= 15 is 0 Å². The Morgan fingerprint density at radius 3 is 2.90 bits per heavy atom. The van der Waals surface area contributed by atoms with Crippen LogP contribution in [0.15, 0.2) is 24.5 Å². The van der Waals surface area contributed by atoms with Gasteiger partial charge in [0.05, 0.1) is 6.54 Å². The van der Waals surface area contributed by atoms with E-state index in [0.717, 1.165) is 18.5 Å². The third-order valence-corrected chi connectivity index (χ3v) is 3.48. The van der Waals surface area contributed by atoms with Gasteiger partial charge in [0.25, 0.3) is 0 Å². The smallest absolute Gasteiger partial charge is 0.248 e. The number of hydrogen-bond acceptors (Lipinski definition) is 3. The first-order valence-corrected chi connectivity index (χ1v) is 7.63. The van der Waals surface area contributed by atoms with Crippen LogP contribution in [0.25, 0.3) is 0 Å². The van der Waals surface area contributed by atoms with Gasteiger partial charge in [0.1, 0.15) is 6.33 Å². The van der Waals surface area contributed by atoms with Crippen LogP contribution in [0.5, 0.6) is 0 Å². The third kappa shape index (κ3) is 4.84. The van der Waals surface area contributed by atoms with E-state index < -0.39 is 0 Å². The minimum Gasteiger partial charge on any atom is -0.362 e. The number of anilines is 1. The Balaban J connectivity index is 1.98. The molecule has 8 heteroatoms. The second-order valence-corrected chi connectivity index (χ2v) is 5.63. The van der Waals surface area contributed by atoms with Crippen molar-refractivity contribution in [1.82, 2.24) is 20.1 Å². The second-order valence-electron chi connectivity index (χ2n) is 4.38. The van der Waals surface area contributed by atoms with Gasteiger partial charge in [-0.05, 0) is 36.3 Å². The number of halogens is 2.